The highest BCUT2D eigenvalue weighted by Gasteiger charge is 1.93. The van der Waals surface area contributed by atoms with Crippen LogP contribution in [0.3, 0.4) is 0 Å². The van der Waals surface area contributed by atoms with Gasteiger partial charge in [0.1, 0.15) is 5.75 Å². The third-order valence-electron chi connectivity index (χ3n) is 2.10. The van der Waals surface area contributed by atoms with Crippen LogP contribution in [0, 0.1) is 6.07 Å². The van der Waals surface area contributed by atoms with E-state index in [1.54, 1.807) is 6.07 Å². The highest BCUT2D eigenvalue weighted by Crippen LogP contribution is 2.08. The first-order valence-corrected chi connectivity index (χ1v) is 5.16. The molecule has 81 valence electrons. The van der Waals surface area contributed by atoms with E-state index in [4.69, 9.17) is 9.47 Å². The van der Waals surface area contributed by atoms with Crippen LogP contribution in [0.2, 0.25) is 0 Å². The van der Waals surface area contributed by atoms with Gasteiger partial charge in [-0.2, -0.15) is 0 Å². The Morgan fingerprint density at radius 1 is 1.00 bits per heavy atom. The van der Waals surface area contributed by atoms with Crippen LogP contribution in [0.15, 0.2) is 54.6 Å². The lowest BCUT2D eigenvalue weighted by atomic mass is 10.2. The van der Waals surface area contributed by atoms with Crippen LogP contribution in [-0.2, 0) is 11.3 Å². The maximum atomic E-state index is 5.39. The molecule has 1 radical (unpaired) electrons. The molecule has 0 unspecified atom stereocenters. The summed E-state index contributed by atoms with van der Waals surface area (Å²) in [5.41, 5.74) is 1.14. The summed E-state index contributed by atoms with van der Waals surface area (Å²) in [5.74, 6) is 0.774. The minimum absolute atomic E-state index is 0.257. The molecule has 2 nitrogen and oxygen atoms in total. The van der Waals surface area contributed by atoms with Crippen molar-refractivity contribution in [2.75, 3.05) is 6.79 Å². The van der Waals surface area contributed by atoms with Crippen molar-refractivity contribution in [1.29, 1.82) is 0 Å². The third-order valence-corrected chi connectivity index (χ3v) is 2.10. The van der Waals surface area contributed by atoms with E-state index >= 15 is 0 Å². The fourth-order valence-electron chi connectivity index (χ4n) is 1.31. The van der Waals surface area contributed by atoms with Gasteiger partial charge in [-0.15, -0.1) is 0 Å². The van der Waals surface area contributed by atoms with Gasteiger partial charge in [0.05, 0.1) is 6.61 Å². The summed E-state index contributed by atoms with van der Waals surface area (Å²) in [5, 5.41) is 0. The van der Waals surface area contributed by atoms with Crippen LogP contribution in [0.1, 0.15) is 5.56 Å². The lowest BCUT2D eigenvalue weighted by Gasteiger charge is -2.06. The van der Waals surface area contributed by atoms with Crippen LogP contribution in [-0.4, -0.2) is 6.79 Å². The Morgan fingerprint density at radius 2 is 1.88 bits per heavy atom. The molecule has 0 fully saturated rings. The van der Waals surface area contributed by atoms with Gasteiger partial charge in [-0.25, -0.2) is 0 Å². The average molecular weight is 213 g/mol. The van der Waals surface area contributed by atoms with Gasteiger partial charge in [0, 0.05) is 0 Å². The zero-order valence-corrected chi connectivity index (χ0v) is 8.93. The number of hydrogen-bond acceptors (Lipinski definition) is 2. The molecule has 0 bridgehead atoms. The lowest BCUT2D eigenvalue weighted by Crippen LogP contribution is -2.02. The molecular weight excluding hydrogens is 200 g/mol. The van der Waals surface area contributed by atoms with E-state index in [-0.39, 0.29) is 6.79 Å². The summed E-state index contributed by atoms with van der Waals surface area (Å²) in [6, 6.07) is 20.3. The molecule has 2 aromatic rings. The van der Waals surface area contributed by atoms with Crippen LogP contribution in [0.4, 0.5) is 0 Å². The molecule has 0 heterocycles. The van der Waals surface area contributed by atoms with Crippen molar-refractivity contribution in [2.24, 2.45) is 0 Å². The van der Waals surface area contributed by atoms with E-state index in [0.717, 1.165) is 11.3 Å². The largest absolute Gasteiger partial charge is 0.468 e. The summed E-state index contributed by atoms with van der Waals surface area (Å²) in [6.45, 7) is 0.824. The zero-order chi connectivity index (χ0) is 11.1. The van der Waals surface area contributed by atoms with E-state index in [2.05, 4.69) is 6.07 Å². The van der Waals surface area contributed by atoms with Crippen molar-refractivity contribution < 1.29 is 9.47 Å². The van der Waals surface area contributed by atoms with E-state index in [1.807, 2.05) is 48.5 Å². The van der Waals surface area contributed by atoms with Crippen molar-refractivity contribution in [2.45, 2.75) is 6.61 Å². The third kappa shape index (κ3) is 3.41. The maximum Gasteiger partial charge on any atom is 0.189 e. The summed E-state index contributed by atoms with van der Waals surface area (Å²) in [6.07, 6.45) is 0. The average Bonchev–Trinajstić information content (AvgIpc) is 2.37. The highest BCUT2D eigenvalue weighted by molar-refractivity contribution is 5.19. The van der Waals surface area contributed by atoms with Gasteiger partial charge in [-0.1, -0.05) is 42.5 Å². The van der Waals surface area contributed by atoms with Gasteiger partial charge < -0.3 is 9.47 Å². The Kier molecular flexibility index (Phi) is 3.97. The second-order valence-corrected chi connectivity index (χ2v) is 3.34. The lowest BCUT2D eigenvalue weighted by molar-refractivity contribution is 0.00504. The van der Waals surface area contributed by atoms with Crippen molar-refractivity contribution in [3.05, 3.63) is 66.2 Å². The molecule has 0 aliphatic heterocycles. The SMILES string of the molecule is [c]1cccc(OCOCc2ccccc2)c1. The van der Waals surface area contributed by atoms with Crippen molar-refractivity contribution in [3.63, 3.8) is 0 Å². The smallest absolute Gasteiger partial charge is 0.189 e. The molecule has 2 heteroatoms. The van der Waals surface area contributed by atoms with E-state index in [0.29, 0.717) is 6.61 Å². The number of benzene rings is 2. The maximum absolute atomic E-state index is 5.39. The highest BCUT2D eigenvalue weighted by atomic mass is 16.7. The molecule has 0 atom stereocenters. The normalized spacial score (nSPS) is 10.0. The predicted octanol–water partition coefficient (Wildman–Crippen LogP) is 3.04. The fourth-order valence-corrected chi connectivity index (χ4v) is 1.31. The first-order chi connectivity index (χ1) is 7.95. The summed E-state index contributed by atoms with van der Waals surface area (Å²) < 4.78 is 10.8. The van der Waals surface area contributed by atoms with E-state index in [1.165, 1.54) is 0 Å². The van der Waals surface area contributed by atoms with Crippen LogP contribution < -0.4 is 4.74 Å². The second kappa shape index (κ2) is 5.93. The van der Waals surface area contributed by atoms with Crippen molar-refractivity contribution >= 4 is 0 Å². The molecule has 0 N–H and O–H groups in total. The topological polar surface area (TPSA) is 18.5 Å². The quantitative estimate of drug-likeness (QED) is 0.561. The molecule has 0 saturated heterocycles. The van der Waals surface area contributed by atoms with Gasteiger partial charge in [0.2, 0.25) is 0 Å². The number of rotatable bonds is 5. The van der Waals surface area contributed by atoms with Gasteiger partial charge in [-0.05, 0) is 23.8 Å². The molecule has 0 aliphatic carbocycles. The summed E-state index contributed by atoms with van der Waals surface area (Å²) >= 11 is 0. The Labute approximate surface area is 95.4 Å². The van der Waals surface area contributed by atoms with Crippen LogP contribution in [0.5, 0.6) is 5.75 Å². The monoisotopic (exact) mass is 213 g/mol. The fraction of sp³-hybridized carbons (Fsp3) is 0.143. The molecule has 2 aromatic carbocycles. The minimum Gasteiger partial charge on any atom is -0.468 e. The Hall–Kier alpha value is -1.80. The first-order valence-electron chi connectivity index (χ1n) is 5.16. The number of hydrogen-bond donors (Lipinski definition) is 0. The molecule has 2 rings (SSSR count). The Bertz CT molecular complexity index is 356. The minimum atomic E-state index is 0.257. The van der Waals surface area contributed by atoms with E-state index < -0.39 is 0 Å². The second-order valence-electron chi connectivity index (χ2n) is 3.34. The Morgan fingerprint density at radius 3 is 2.62 bits per heavy atom. The molecule has 0 aromatic heterocycles. The standard InChI is InChI=1S/C14H13O2/c1-3-7-13(8-4-1)11-15-12-16-14-9-5-2-6-10-14/h1-5,7-10H,11-12H2. The van der Waals surface area contributed by atoms with Gasteiger partial charge >= 0.3 is 0 Å². The van der Waals surface area contributed by atoms with Gasteiger partial charge in [-0.3, -0.25) is 0 Å². The van der Waals surface area contributed by atoms with Crippen LogP contribution >= 0.6 is 0 Å². The molecular formula is C14H13O2. The summed E-state index contributed by atoms with van der Waals surface area (Å²) in [4.78, 5) is 0. The molecule has 0 spiro atoms. The van der Waals surface area contributed by atoms with Gasteiger partial charge in [0.25, 0.3) is 0 Å². The molecule has 0 amide bonds. The van der Waals surface area contributed by atoms with Crippen molar-refractivity contribution in [3.8, 4) is 5.75 Å². The van der Waals surface area contributed by atoms with E-state index in [9.17, 15) is 0 Å². The first kappa shape index (κ1) is 10.7. The molecule has 16 heavy (non-hydrogen) atoms. The van der Waals surface area contributed by atoms with Gasteiger partial charge in [0.15, 0.2) is 6.79 Å². The molecule has 0 aliphatic rings. The number of ether oxygens (including phenoxy) is 2. The summed E-state index contributed by atoms with van der Waals surface area (Å²) in [7, 11) is 0. The zero-order valence-electron chi connectivity index (χ0n) is 8.93. The predicted molar refractivity (Wildman–Crippen MR) is 62.0 cm³/mol. The Balaban J connectivity index is 1.70. The molecule has 0 saturated carbocycles. The van der Waals surface area contributed by atoms with Crippen molar-refractivity contribution in [1.82, 2.24) is 0 Å². The van der Waals surface area contributed by atoms with Crippen LogP contribution in [0.25, 0.3) is 0 Å².